The minimum atomic E-state index is 0.0302. The molecule has 1 atom stereocenters. The molecule has 28 heavy (non-hydrogen) atoms. The molecule has 1 amide bonds. The van der Waals surface area contributed by atoms with Crippen LogP contribution in [0, 0.1) is 6.92 Å². The van der Waals surface area contributed by atoms with Gasteiger partial charge in [0.05, 0.1) is 0 Å². The van der Waals surface area contributed by atoms with Gasteiger partial charge in [0.1, 0.15) is 0 Å². The summed E-state index contributed by atoms with van der Waals surface area (Å²) < 4.78 is 0. The van der Waals surface area contributed by atoms with Crippen LogP contribution in [0.2, 0.25) is 0 Å². The predicted molar refractivity (Wildman–Crippen MR) is 115 cm³/mol. The van der Waals surface area contributed by atoms with Crippen molar-refractivity contribution in [3.63, 3.8) is 0 Å². The van der Waals surface area contributed by atoms with Crippen LogP contribution in [-0.4, -0.2) is 50.1 Å². The van der Waals surface area contributed by atoms with Crippen molar-refractivity contribution in [2.75, 3.05) is 44.2 Å². The second-order valence-electron chi connectivity index (χ2n) is 8.14. The molecular formula is C24H31N3O. The third-order valence-electron chi connectivity index (χ3n) is 6.21. The first-order chi connectivity index (χ1) is 13.7. The van der Waals surface area contributed by atoms with Crippen LogP contribution in [0.3, 0.4) is 0 Å². The number of hydrogen-bond acceptors (Lipinski definition) is 3. The van der Waals surface area contributed by atoms with Crippen LogP contribution in [-0.2, 0) is 0 Å². The van der Waals surface area contributed by atoms with Crippen LogP contribution >= 0.6 is 0 Å². The Morgan fingerprint density at radius 1 is 1.04 bits per heavy atom. The van der Waals surface area contributed by atoms with Crippen LogP contribution in [0.15, 0.2) is 48.5 Å². The van der Waals surface area contributed by atoms with Crippen molar-refractivity contribution in [3.8, 4) is 0 Å². The van der Waals surface area contributed by atoms with Gasteiger partial charge in [-0.2, -0.15) is 0 Å². The Bertz CT molecular complexity index is 796. The quantitative estimate of drug-likeness (QED) is 0.831. The molecule has 2 aromatic carbocycles. The first-order valence-electron chi connectivity index (χ1n) is 10.6. The highest BCUT2D eigenvalue weighted by atomic mass is 16.1. The molecule has 4 rings (SSSR count). The van der Waals surface area contributed by atoms with Gasteiger partial charge in [-0.05, 0) is 74.0 Å². The number of carbonyl (C=O) groups excluding carboxylic acids is 1. The number of rotatable bonds is 6. The second-order valence-corrected chi connectivity index (χ2v) is 8.14. The minimum absolute atomic E-state index is 0.0302. The Morgan fingerprint density at radius 3 is 2.54 bits per heavy atom. The Balaban J connectivity index is 1.23. The van der Waals surface area contributed by atoms with Gasteiger partial charge in [0.25, 0.3) is 5.91 Å². The topological polar surface area (TPSA) is 35.6 Å². The van der Waals surface area contributed by atoms with Crippen LogP contribution in [0.4, 0.5) is 5.69 Å². The van der Waals surface area contributed by atoms with Gasteiger partial charge in [-0.15, -0.1) is 0 Å². The molecule has 0 aromatic heterocycles. The average molecular weight is 378 g/mol. The van der Waals surface area contributed by atoms with E-state index in [1.165, 1.54) is 36.1 Å². The number of hydrogen-bond donors (Lipinski definition) is 1. The van der Waals surface area contributed by atoms with Gasteiger partial charge < -0.3 is 15.1 Å². The van der Waals surface area contributed by atoms with E-state index >= 15 is 0 Å². The SMILES string of the molecule is Cc1ccccc1[C@H]1CCN(CCNC(=O)c2ccc(N3CCCC3)cc2)C1. The van der Waals surface area contributed by atoms with E-state index in [9.17, 15) is 4.79 Å². The van der Waals surface area contributed by atoms with Gasteiger partial charge in [-0.25, -0.2) is 0 Å². The molecule has 2 aliphatic rings. The van der Waals surface area contributed by atoms with Gasteiger partial charge in [0.15, 0.2) is 0 Å². The smallest absolute Gasteiger partial charge is 0.251 e. The molecule has 4 heteroatoms. The zero-order valence-corrected chi connectivity index (χ0v) is 16.9. The number of amides is 1. The highest BCUT2D eigenvalue weighted by Gasteiger charge is 2.24. The third-order valence-corrected chi connectivity index (χ3v) is 6.21. The molecule has 0 radical (unpaired) electrons. The maximum absolute atomic E-state index is 12.4. The normalized spacial score (nSPS) is 19.9. The van der Waals surface area contributed by atoms with Crippen molar-refractivity contribution in [2.45, 2.75) is 32.1 Å². The predicted octanol–water partition coefficient (Wildman–Crippen LogP) is 3.81. The number of nitrogens with one attached hydrogen (secondary N) is 1. The van der Waals surface area contributed by atoms with Gasteiger partial charge >= 0.3 is 0 Å². The fraction of sp³-hybridized carbons (Fsp3) is 0.458. The molecule has 0 bridgehead atoms. The molecular weight excluding hydrogens is 346 g/mol. The molecule has 2 heterocycles. The van der Waals surface area contributed by atoms with E-state index in [-0.39, 0.29) is 5.91 Å². The summed E-state index contributed by atoms with van der Waals surface area (Å²) in [6, 6.07) is 16.8. The lowest BCUT2D eigenvalue weighted by molar-refractivity contribution is 0.0949. The summed E-state index contributed by atoms with van der Waals surface area (Å²) in [5, 5.41) is 3.09. The summed E-state index contributed by atoms with van der Waals surface area (Å²) in [6.45, 7) is 8.28. The van der Waals surface area contributed by atoms with Crippen LogP contribution in [0.1, 0.15) is 46.7 Å². The largest absolute Gasteiger partial charge is 0.372 e. The van der Waals surface area contributed by atoms with Gasteiger partial charge in [0, 0.05) is 44.0 Å². The monoisotopic (exact) mass is 377 g/mol. The molecule has 148 valence electrons. The van der Waals surface area contributed by atoms with Crippen molar-refractivity contribution in [1.82, 2.24) is 10.2 Å². The average Bonchev–Trinajstić information content (AvgIpc) is 3.41. The van der Waals surface area contributed by atoms with E-state index < -0.39 is 0 Å². The summed E-state index contributed by atoms with van der Waals surface area (Å²) in [5.41, 5.74) is 4.85. The molecule has 2 saturated heterocycles. The number of likely N-dealkylation sites (tertiary alicyclic amines) is 1. The Labute approximate surface area is 168 Å². The molecule has 0 unspecified atom stereocenters. The Morgan fingerprint density at radius 2 is 1.79 bits per heavy atom. The summed E-state index contributed by atoms with van der Waals surface area (Å²) >= 11 is 0. The maximum atomic E-state index is 12.4. The fourth-order valence-electron chi connectivity index (χ4n) is 4.56. The molecule has 4 nitrogen and oxygen atoms in total. The van der Waals surface area contributed by atoms with E-state index in [4.69, 9.17) is 0 Å². The van der Waals surface area contributed by atoms with Crippen molar-refractivity contribution in [3.05, 3.63) is 65.2 Å². The minimum Gasteiger partial charge on any atom is -0.372 e. The summed E-state index contributed by atoms with van der Waals surface area (Å²) in [4.78, 5) is 17.3. The van der Waals surface area contributed by atoms with Crippen LogP contribution in [0.5, 0.6) is 0 Å². The number of anilines is 1. The summed E-state index contributed by atoms with van der Waals surface area (Å²) in [6.07, 6.45) is 3.74. The molecule has 0 spiro atoms. The highest BCUT2D eigenvalue weighted by molar-refractivity contribution is 5.94. The molecule has 2 aromatic rings. The summed E-state index contributed by atoms with van der Waals surface area (Å²) in [7, 11) is 0. The highest BCUT2D eigenvalue weighted by Crippen LogP contribution is 2.29. The zero-order valence-electron chi connectivity index (χ0n) is 16.9. The van der Waals surface area contributed by atoms with Crippen LogP contribution < -0.4 is 10.2 Å². The summed E-state index contributed by atoms with van der Waals surface area (Å²) in [5.74, 6) is 0.651. The van der Waals surface area contributed by atoms with Crippen LogP contribution in [0.25, 0.3) is 0 Å². The van der Waals surface area contributed by atoms with Crippen molar-refractivity contribution in [2.24, 2.45) is 0 Å². The molecule has 0 saturated carbocycles. The Kier molecular flexibility index (Phi) is 5.96. The van der Waals surface area contributed by atoms with Gasteiger partial charge in [0.2, 0.25) is 0 Å². The number of benzene rings is 2. The van der Waals surface area contributed by atoms with E-state index in [0.29, 0.717) is 12.5 Å². The molecule has 2 fully saturated rings. The van der Waals surface area contributed by atoms with Crippen molar-refractivity contribution < 1.29 is 4.79 Å². The van der Waals surface area contributed by atoms with Crippen molar-refractivity contribution >= 4 is 11.6 Å². The van der Waals surface area contributed by atoms with Gasteiger partial charge in [-0.1, -0.05) is 24.3 Å². The van der Waals surface area contributed by atoms with Crippen molar-refractivity contribution in [1.29, 1.82) is 0 Å². The standard InChI is InChI=1S/C24H31N3O/c1-19-6-2-3-7-23(19)21-12-16-26(18-21)17-13-25-24(28)20-8-10-22(11-9-20)27-14-4-5-15-27/h2-3,6-11,21H,4-5,12-18H2,1H3,(H,25,28)/t21-/m0/s1. The molecule has 2 aliphatic heterocycles. The molecule has 1 N–H and O–H groups in total. The molecule has 0 aliphatic carbocycles. The number of aryl methyl sites for hydroxylation is 1. The van der Waals surface area contributed by atoms with E-state index in [2.05, 4.69) is 58.4 Å². The van der Waals surface area contributed by atoms with E-state index in [1.54, 1.807) is 0 Å². The second kappa shape index (κ2) is 8.78. The van der Waals surface area contributed by atoms with Gasteiger partial charge in [-0.3, -0.25) is 4.79 Å². The lowest BCUT2D eigenvalue weighted by Gasteiger charge is -2.18. The zero-order chi connectivity index (χ0) is 19.3. The number of carbonyl (C=O) groups is 1. The maximum Gasteiger partial charge on any atom is 0.251 e. The number of nitrogens with zero attached hydrogens (tertiary/aromatic N) is 2. The Hall–Kier alpha value is -2.33. The van der Waals surface area contributed by atoms with E-state index in [1.807, 2.05) is 12.1 Å². The third kappa shape index (κ3) is 4.39. The first kappa shape index (κ1) is 19.0. The lowest BCUT2D eigenvalue weighted by Crippen LogP contribution is -2.33. The van der Waals surface area contributed by atoms with E-state index in [0.717, 1.165) is 38.3 Å². The lowest BCUT2D eigenvalue weighted by atomic mass is 9.94. The first-order valence-corrected chi connectivity index (χ1v) is 10.6. The fourth-order valence-corrected chi connectivity index (χ4v) is 4.56.